The minimum absolute atomic E-state index is 0.0374. The Kier molecular flexibility index (Phi) is 6.10. The van der Waals surface area contributed by atoms with Gasteiger partial charge in [-0.1, -0.05) is 23.9 Å². The number of thioether (sulfide) groups is 1. The van der Waals surface area contributed by atoms with Crippen LogP contribution >= 0.6 is 11.8 Å². The molecular formula is C23H25FN6O2S. The molecule has 3 heterocycles. The summed E-state index contributed by atoms with van der Waals surface area (Å²) in [6, 6.07) is 14.2. The summed E-state index contributed by atoms with van der Waals surface area (Å²) in [4.78, 5) is 14.5. The Bertz CT molecular complexity index is 1060. The van der Waals surface area contributed by atoms with Crippen LogP contribution in [-0.2, 0) is 4.79 Å². The average Bonchev–Trinajstić information content (AvgIpc) is 3.43. The van der Waals surface area contributed by atoms with Crippen molar-refractivity contribution in [2.45, 2.75) is 31.6 Å². The number of ether oxygens (including phenoxy) is 1. The van der Waals surface area contributed by atoms with Gasteiger partial charge < -0.3 is 20.0 Å². The molecule has 0 aromatic heterocycles. The highest BCUT2D eigenvalue weighted by atomic mass is 32.2. The molecule has 33 heavy (non-hydrogen) atoms. The van der Waals surface area contributed by atoms with Crippen molar-refractivity contribution in [1.29, 1.82) is 0 Å². The molecule has 0 bridgehead atoms. The van der Waals surface area contributed by atoms with Crippen LogP contribution in [0.1, 0.15) is 24.9 Å². The van der Waals surface area contributed by atoms with Crippen molar-refractivity contribution in [1.82, 2.24) is 20.8 Å². The molecule has 172 valence electrons. The number of halogens is 1. The number of rotatable bonds is 6. The highest BCUT2D eigenvalue weighted by Gasteiger charge is 2.44. The fourth-order valence-electron chi connectivity index (χ4n) is 4.19. The van der Waals surface area contributed by atoms with Crippen molar-refractivity contribution in [2.24, 2.45) is 5.10 Å². The summed E-state index contributed by atoms with van der Waals surface area (Å²) in [5, 5.41) is 10.2. The predicted molar refractivity (Wildman–Crippen MR) is 127 cm³/mol. The first-order valence-corrected chi connectivity index (χ1v) is 11.8. The van der Waals surface area contributed by atoms with Crippen LogP contribution < -0.4 is 20.9 Å². The van der Waals surface area contributed by atoms with Gasteiger partial charge in [0, 0.05) is 18.1 Å². The van der Waals surface area contributed by atoms with Crippen LogP contribution in [0.25, 0.3) is 0 Å². The Hall–Kier alpha value is -3.24. The third-order valence-corrected chi connectivity index (χ3v) is 6.73. The van der Waals surface area contributed by atoms with Crippen LogP contribution in [0.2, 0.25) is 0 Å². The number of nitrogens with one attached hydrogen (secondary N) is 3. The van der Waals surface area contributed by atoms with E-state index in [-0.39, 0.29) is 35.7 Å². The van der Waals surface area contributed by atoms with Crippen LogP contribution in [0.3, 0.4) is 0 Å². The van der Waals surface area contributed by atoms with Gasteiger partial charge in [-0.25, -0.2) is 9.82 Å². The molecule has 10 heteroatoms. The van der Waals surface area contributed by atoms with Gasteiger partial charge in [-0.05, 0) is 55.3 Å². The highest BCUT2D eigenvalue weighted by molar-refractivity contribution is 8.14. The first-order valence-electron chi connectivity index (χ1n) is 10.9. The van der Waals surface area contributed by atoms with E-state index >= 15 is 0 Å². The van der Waals surface area contributed by atoms with E-state index in [0.717, 1.165) is 28.6 Å². The fourth-order valence-corrected chi connectivity index (χ4v) is 4.96. The lowest BCUT2D eigenvalue weighted by Gasteiger charge is -2.36. The zero-order valence-corrected chi connectivity index (χ0v) is 18.9. The summed E-state index contributed by atoms with van der Waals surface area (Å²) in [5.74, 6) is 0.683. The number of hydrogen-bond acceptors (Lipinski definition) is 8. The quantitative estimate of drug-likeness (QED) is 0.601. The molecule has 3 aliphatic heterocycles. The lowest BCUT2D eigenvalue weighted by atomic mass is 10.00. The average molecular weight is 469 g/mol. The Morgan fingerprint density at radius 3 is 2.76 bits per heavy atom. The number of carbonyl (C=O) groups excluding carboxylic acids is 1. The first kappa shape index (κ1) is 21.6. The Labute approximate surface area is 195 Å². The van der Waals surface area contributed by atoms with E-state index in [1.807, 2.05) is 55.7 Å². The van der Waals surface area contributed by atoms with Gasteiger partial charge in [-0.3, -0.25) is 10.2 Å². The molecule has 1 fully saturated rings. The molecule has 1 saturated heterocycles. The van der Waals surface area contributed by atoms with Gasteiger partial charge in [0.05, 0.1) is 24.4 Å². The van der Waals surface area contributed by atoms with E-state index < -0.39 is 0 Å². The molecule has 5 rings (SSSR count). The number of carbonyl (C=O) groups is 1. The minimum Gasteiger partial charge on any atom is -0.494 e. The van der Waals surface area contributed by atoms with Gasteiger partial charge in [0.25, 0.3) is 0 Å². The third-order valence-electron chi connectivity index (χ3n) is 5.76. The van der Waals surface area contributed by atoms with Crippen molar-refractivity contribution in [3.63, 3.8) is 0 Å². The molecule has 3 aliphatic rings. The number of amidine groups is 1. The summed E-state index contributed by atoms with van der Waals surface area (Å²) in [6.45, 7) is 2.53. The second-order valence-corrected chi connectivity index (χ2v) is 8.85. The van der Waals surface area contributed by atoms with E-state index in [4.69, 9.17) is 4.74 Å². The molecule has 1 amide bonds. The topological polar surface area (TPSA) is 81.2 Å². The molecule has 0 spiro atoms. The van der Waals surface area contributed by atoms with Gasteiger partial charge in [0.1, 0.15) is 17.7 Å². The number of hydrogen-bond donors (Lipinski definition) is 3. The molecule has 8 nitrogen and oxygen atoms in total. The molecule has 2 aromatic rings. The summed E-state index contributed by atoms with van der Waals surface area (Å²) in [6.07, 6.45) is 4.74. The second-order valence-electron chi connectivity index (χ2n) is 7.91. The lowest BCUT2D eigenvalue weighted by molar-refractivity contribution is -0.113. The van der Waals surface area contributed by atoms with E-state index in [9.17, 15) is 9.18 Å². The number of benzene rings is 2. The number of nitrogens with zero attached hydrogens (tertiary/aromatic N) is 3. The largest absolute Gasteiger partial charge is 0.494 e. The van der Waals surface area contributed by atoms with Gasteiger partial charge in [-0.2, -0.15) is 5.10 Å². The second kappa shape index (κ2) is 9.32. The SMILES string of the molecule is CCOc1ccc(NC(=O)CSC2=NNC3C4CC(c5ccc(F)cc5)NN4C=CN23)cc1. The van der Waals surface area contributed by atoms with Crippen LogP contribution in [0.4, 0.5) is 10.1 Å². The van der Waals surface area contributed by atoms with Crippen molar-refractivity contribution < 1.29 is 13.9 Å². The van der Waals surface area contributed by atoms with Crippen LogP contribution in [0.15, 0.2) is 66.0 Å². The summed E-state index contributed by atoms with van der Waals surface area (Å²) >= 11 is 1.39. The summed E-state index contributed by atoms with van der Waals surface area (Å²) in [5.41, 5.74) is 8.45. The molecule has 0 radical (unpaired) electrons. The maximum atomic E-state index is 13.3. The molecule has 2 aromatic carbocycles. The van der Waals surface area contributed by atoms with Crippen LogP contribution in [0, 0.1) is 5.82 Å². The molecule has 3 N–H and O–H groups in total. The van der Waals surface area contributed by atoms with E-state index in [0.29, 0.717) is 6.61 Å². The van der Waals surface area contributed by atoms with Crippen molar-refractivity contribution in [3.8, 4) is 5.75 Å². The molecule has 3 atom stereocenters. The normalized spacial score (nSPS) is 23.0. The van der Waals surface area contributed by atoms with Gasteiger partial charge in [0.15, 0.2) is 5.17 Å². The smallest absolute Gasteiger partial charge is 0.234 e. The minimum atomic E-state index is -0.236. The first-order chi connectivity index (χ1) is 16.1. The number of amides is 1. The van der Waals surface area contributed by atoms with Gasteiger partial charge >= 0.3 is 0 Å². The Morgan fingerprint density at radius 1 is 1.21 bits per heavy atom. The standard InChI is InChI=1S/C23H25FN6O2S/c1-2-32-18-9-7-17(8-10-18)25-21(31)14-33-23-27-26-22-20-13-19(15-3-5-16(24)6-4-15)28-30(20)12-11-29(22)23/h3-12,19-20,22,26,28H,2,13-14H2,1H3,(H,25,31). The number of hydrazone groups is 1. The number of fused-ring (bicyclic) bond motifs is 3. The Balaban J connectivity index is 1.15. The fraction of sp³-hybridized carbons (Fsp3) is 0.304. The van der Waals surface area contributed by atoms with E-state index in [2.05, 4.69) is 31.2 Å². The van der Waals surface area contributed by atoms with Crippen LogP contribution in [0.5, 0.6) is 5.75 Å². The van der Waals surface area contributed by atoms with Crippen LogP contribution in [-0.4, -0.2) is 45.6 Å². The molecule has 3 unspecified atom stereocenters. The van der Waals surface area contributed by atoms with E-state index in [1.54, 1.807) is 0 Å². The maximum Gasteiger partial charge on any atom is 0.234 e. The van der Waals surface area contributed by atoms with Gasteiger partial charge in [0.2, 0.25) is 5.91 Å². The van der Waals surface area contributed by atoms with Crippen molar-refractivity contribution >= 4 is 28.5 Å². The summed E-state index contributed by atoms with van der Waals surface area (Å²) in [7, 11) is 0. The number of hydrazine groups is 1. The summed E-state index contributed by atoms with van der Waals surface area (Å²) < 4.78 is 18.7. The monoisotopic (exact) mass is 468 g/mol. The lowest BCUT2D eigenvalue weighted by Crippen LogP contribution is -2.54. The molecule has 0 saturated carbocycles. The highest BCUT2D eigenvalue weighted by Crippen LogP contribution is 2.35. The number of anilines is 1. The Morgan fingerprint density at radius 2 is 2.00 bits per heavy atom. The van der Waals surface area contributed by atoms with Gasteiger partial charge in [-0.15, -0.1) is 0 Å². The van der Waals surface area contributed by atoms with Crippen molar-refractivity contribution in [2.75, 3.05) is 17.7 Å². The third kappa shape index (κ3) is 4.62. The maximum absolute atomic E-state index is 13.3. The molecular weight excluding hydrogens is 443 g/mol. The predicted octanol–water partition coefficient (Wildman–Crippen LogP) is 3.20. The zero-order valence-electron chi connectivity index (χ0n) is 18.1. The zero-order chi connectivity index (χ0) is 22.8. The molecule has 0 aliphatic carbocycles. The van der Waals surface area contributed by atoms with Crippen molar-refractivity contribution in [3.05, 3.63) is 72.3 Å². The van der Waals surface area contributed by atoms with E-state index in [1.165, 1.54) is 23.9 Å².